The van der Waals surface area contributed by atoms with Crippen molar-refractivity contribution in [2.24, 2.45) is 0 Å². The van der Waals surface area contributed by atoms with Crippen LogP contribution < -0.4 is 14.8 Å². The summed E-state index contributed by atoms with van der Waals surface area (Å²) in [5.41, 5.74) is 1.03. The van der Waals surface area contributed by atoms with E-state index in [1.807, 2.05) is 31.2 Å². The SMILES string of the molecule is CCOc1ccccc1CNCCS(=O)(=O)NC. The first kappa shape index (κ1) is 14.9. The van der Waals surface area contributed by atoms with Gasteiger partial charge < -0.3 is 10.1 Å². The van der Waals surface area contributed by atoms with E-state index in [0.29, 0.717) is 19.7 Å². The molecule has 0 aromatic heterocycles. The maximum absolute atomic E-state index is 11.2. The Morgan fingerprint density at radius 1 is 1.28 bits per heavy atom. The lowest BCUT2D eigenvalue weighted by Gasteiger charge is -2.10. The van der Waals surface area contributed by atoms with E-state index in [4.69, 9.17) is 4.74 Å². The average molecular weight is 272 g/mol. The first-order valence-electron chi connectivity index (χ1n) is 5.91. The Hall–Kier alpha value is -1.11. The van der Waals surface area contributed by atoms with Crippen molar-refractivity contribution in [3.8, 4) is 5.75 Å². The molecule has 0 unspecified atom stereocenters. The zero-order chi connectivity index (χ0) is 13.4. The molecule has 0 spiro atoms. The van der Waals surface area contributed by atoms with Crippen molar-refractivity contribution in [3.05, 3.63) is 29.8 Å². The molecule has 0 amide bonds. The van der Waals surface area contributed by atoms with Crippen molar-refractivity contribution in [1.29, 1.82) is 0 Å². The number of benzene rings is 1. The summed E-state index contributed by atoms with van der Waals surface area (Å²) in [5, 5.41) is 3.09. The standard InChI is InChI=1S/C12H20N2O3S/c1-3-17-12-7-5-4-6-11(12)10-14-8-9-18(15,16)13-2/h4-7,13-14H,3,8-10H2,1-2H3. The topological polar surface area (TPSA) is 67.4 Å². The minimum atomic E-state index is -3.14. The third-order valence-electron chi connectivity index (χ3n) is 2.45. The fourth-order valence-electron chi connectivity index (χ4n) is 1.48. The van der Waals surface area contributed by atoms with Gasteiger partial charge in [0.25, 0.3) is 0 Å². The molecule has 0 aliphatic rings. The first-order chi connectivity index (χ1) is 8.59. The van der Waals surface area contributed by atoms with E-state index in [9.17, 15) is 8.42 Å². The van der Waals surface area contributed by atoms with Crippen LogP contribution in [0.3, 0.4) is 0 Å². The number of para-hydroxylation sites is 1. The van der Waals surface area contributed by atoms with Crippen LogP contribution in [0.5, 0.6) is 5.75 Å². The van der Waals surface area contributed by atoms with Crippen molar-refractivity contribution in [3.63, 3.8) is 0 Å². The van der Waals surface area contributed by atoms with Gasteiger partial charge in [0.15, 0.2) is 0 Å². The highest BCUT2D eigenvalue weighted by Gasteiger charge is 2.06. The van der Waals surface area contributed by atoms with Gasteiger partial charge in [-0.25, -0.2) is 13.1 Å². The average Bonchev–Trinajstić information content (AvgIpc) is 2.37. The summed E-state index contributed by atoms with van der Waals surface area (Å²) in [6.07, 6.45) is 0. The Morgan fingerprint density at radius 3 is 2.67 bits per heavy atom. The summed E-state index contributed by atoms with van der Waals surface area (Å²) in [5.74, 6) is 0.907. The predicted octanol–water partition coefficient (Wildman–Crippen LogP) is 0.724. The van der Waals surface area contributed by atoms with Crippen LogP contribution in [-0.2, 0) is 16.6 Å². The predicted molar refractivity (Wildman–Crippen MR) is 72.2 cm³/mol. The Balaban J connectivity index is 2.44. The molecule has 0 fully saturated rings. The van der Waals surface area contributed by atoms with Crippen LogP contribution in [0, 0.1) is 0 Å². The zero-order valence-corrected chi connectivity index (χ0v) is 11.6. The molecule has 102 valence electrons. The summed E-state index contributed by atoms with van der Waals surface area (Å²) in [4.78, 5) is 0. The Morgan fingerprint density at radius 2 is 2.00 bits per heavy atom. The lowest BCUT2D eigenvalue weighted by molar-refractivity contribution is 0.335. The highest BCUT2D eigenvalue weighted by Crippen LogP contribution is 2.17. The minimum Gasteiger partial charge on any atom is -0.494 e. The molecule has 18 heavy (non-hydrogen) atoms. The number of hydrogen-bond donors (Lipinski definition) is 2. The normalized spacial score (nSPS) is 11.4. The van der Waals surface area contributed by atoms with Crippen molar-refractivity contribution in [1.82, 2.24) is 10.0 Å². The summed E-state index contributed by atoms with van der Waals surface area (Å²) < 4.78 is 30.2. The zero-order valence-electron chi connectivity index (χ0n) is 10.8. The molecule has 0 aliphatic carbocycles. The van der Waals surface area contributed by atoms with Gasteiger partial charge in [-0.2, -0.15) is 0 Å². The van der Waals surface area contributed by atoms with Gasteiger partial charge in [0.2, 0.25) is 10.0 Å². The summed E-state index contributed by atoms with van der Waals surface area (Å²) in [6, 6.07) is 7.72. The molecule has 0 aliphatic heterocycles. The van der Waals surface area contributed by atoms with Gasteiger partial charge in [0.1, 0.15) is 5.75 Å². The van der Waals surface area contributed by atoms with E-state index >= 15 is 0 Å². The summed E-state index contributed by atoms with van der Waals surface area (Å²) in [6.45, 7) is 3.55. The highest BCUT2D eigenvalue weighted by atomic mass is 32.2. The molecule has 6 heteroatoms. The molecule has 1 rings (SSSR count). The van der Waals surface area contributed by atoms with Gasteiger partial charge in [-0.05, 0) is 20.0 Å². The first-order valence-corrected chi connectivity index (χ1v) is 7.57. The van der Waals surface area contributed by atoms with E-state index in [0.717, 1.165) is 11.3 Å². The van der Waals surface area contributed by atoms with Crippen molar-refractivity contribution in [2.75, 3.05) is 26.0 Å². The Bertz CT molecular complexity index is 460. The van der Waals surface area contributed by atoms with Crippen LogP contribution in [0.25, 0.3) is 0 Å². The third kappa shape index (κ3) is 5.03. The molecule has 0 saturated carbocycles. The Kier molecular flexibility index (Phi) is 6.11. The van der Waals surface area contributed by atoms with E-state index in [2.05, 4.69) is 10.0 Å². The number of sulfonamides is 1. The molecular formula is C12H20N2O3S. The van der Waals surface area contributed by atoms with E-state index in [1.54, 1.807) is 0 Å². The third-order valence-corrected chi connectivity index (χ3v) is 3.81. The van der Waals surface area contributed by atoms with Crippen LogP contribution >= 0.6 is 0 Å². The fraction of sp³-hybridized carbons (Fsp3) is 0.500. The maximum Gasteiger partial charge on any atom is 0.212 e. The monoisotopic (exact) mass is 272 g/mol. The lowest BCUT2D eigenvalue weighted by Crippen LogP contribution is -2.29. The van der Waals surface area contributed by atoms with Crippen molar-refractivity contribution >= 4 is 10.0 Å². The van der Waals surface area contributed by atoms with Crippen LogP contribution in [0.1, 0.15) is 12.5 Å². The molecule has 1 aromatic rings. The lowest BCUT2D eigenvalue weighted by atomic mass is 10.2. The van der Waals surface area contributed by atoms with Crippen LogP contribution in [-0.4, -0.2) is 34.4 Å². The van der Waals surface area contributed by atoms with Crippen LogP contribution in [0.4, 0.5) is 0 Å². The second kappa shape index (κ2) is 7.35. The molecule has 1 aromatic carbocycles. The molecule has 0 radical (unpaired) electrons. The molecule has 0 heterocycles. The van der Waals surface area contributed by atoms with Gasteiger partial charge in [-0.3, -0.25) is 0 Å². The molecular weight excluding hydrogens is 252 g/mol. The quantitative estimate of drug-likeness (QED) is 0.684. The van der Waals surface area contributed by atoms with Crippen molar-refractivity contribution in [2.45, 2.75) is 13.5 Å². The number of ether oxygens (including phenoxy) is 1. The van der Waals surface area contributed by atoms with Crippen molar-refractivity contribution < 1.29 is 13.2 Å². The van der Waals surface area contributed by atoms with Gasteiger partial charge >= 0.3 is 0 Å². The van der Waals surface area contributed by atoms with E-state index < -0.39 is 10.0 Å². The van der Waals surface area contributed by atoms with Gasteiger partial charge in [-0.1, -0.05) is 18.2 Å². The molecule has 0 atom stereocenters. The van der Waals surface area contributed by atoms with Gasteiger partial charge in [0.05, 0.1) is 12.4 Å². The van der Waals surface area contributed by atoms with Gasteiger partial charge in [0, 0.05) is 18.7 Å². The minimum absolute atomic E-state index is 0.0697. The molecule has 0 saturated heterocycles. The van der Waals surface area contributed by atoms with Gasteiger partial charge in [-0.15, -0.1) is 0 Å². The second-order valence-electron chi connectivity index (χ2n) is 3.74. The molecule has 2 N–H and O–H groups in total. The Labute approximate surface area is 109 Å². The second-order valence-corrected chi connectivity index (χ2v) is 5.79. The molecule has 0 bridgehead atoms. The van der Waals surface area contributed by atoms with Crippen LogP contribution in [0.15, 0.2) is 24.3 Å². The largest absolute Gasteiger partial charge is 0.494 e. The maximum atomic E-state index is 11.2. The highest BCUT2D eigenvalue weighted by molar-refractivity contribution is 7.89. The van der Waals surface area contributed by atoms with Crippen LogP contribution in [0.2, 0.25) is 0 Å². The van der Waals surface area contributed by atoms with E-state index in [1.165, 1.54) is 7.05 Å². The number of nitrogens with one attached hydrogen (secondary N) is 2. The smallest absolute Gasteiger partial charge is 0.212 e. The molecule has 5 nitrogen and oxygen atoms in total. The summed E-state index contributed by atoms with van der Waals surface area (Å²) in [7, 11) is -1.72. The number of rotatable bonds is 8. The number of hydrogen-bond acceptors (Lipinski definition) is 4. The fourth-order valence-corrected chi connectivity index (χ4v) is 2.10. The van der Waals surface area contributed by atoms with E-state index in [-0.39, 0.29) is 5.75 Å². The summed E-state index contributed by atoms with van der Waals surface area (Å²) >= 11 is 0.